The second-order valence-electron chi connectivity index (χ2n) is 4.47. The Bertz CT molecular complexity index is 408. The fourth-order valence-electron chi connectivity index (χ4n) is 2.02. The highest BCUT2D eigenvalue weighted by atomic mass is 16.7. The summed E-state index contributed by atoms with van der Waals surface area (Å²) in [6.07, 6.45) is -6.65. The van der Waals surface area contributed by atoms with Crippen LogP contribution in [0.3, 0.4) is 0 Å². The maximum atomic E-state index is 11.2. The van der Waals surface area contributed by atoms with Gasteiger partial charge >= 0.3 is 17.9 Å². The van der Waals surface area contributed by atoms with Crippen molar-refractivity contribution >= 4 is 17.9 Å². The molecule has 5 atom stereocenters. The Morgan fingerprint density at radius 3 is 1.76 bits per heavy atom. The Hall–Kier alpha value is -1.71. The van der Waals surface area contributed by atoms with Crippen LogP contribution in [0.2, 0.25) is 0 Å². The van der Waals surface area contributed by atoms with Gasteiger partial charge in [0.1, 0.15) is 6.10 Å². The van der Waals surface area contributed by atoms with E-state index in [1.165, 1.54) is 0 Å². The van der Waals surface area contributed by atoms with Crippen molar-refractivity contribution in [2.45, 2.75) is 51.5 Å². The van der Waals surface area contributed by atoms with Crippen LogP contribution >= 0.6 is 0 Å². The second kappa shape index (κ2) is 7.34. The molecule has 2 N–H and O–H groups in total. The normalized spacial score (nSPS) is 32.1. The monoisotopic (exact) mass is 306 g/mol. The fourth-order valence-corrected chi connectivity index (χ4v) is 2.02. The van der Waals surface area contributed by atoms with Crippen molar-refractivity contribution < 1.29 is 43.5 Å². The molecule has 1 aliphatic rings. The number of carbonyl (C=O) groups excluding carboxylic acids is 3. The van der Waals surface area contributed by atoms with Gasteiger partial charge in [-0.05, 0) is 0 Å². The second-order valence-corrected chi connectivity index (χ2v) is 4.47. The van der Waals surface area contributed by atoms with Crippen LogP contribution in [-0.2, 0) is 33.3 Å². The summed E-state index contributed by atoms with van der Waals surface area (Å²) < 4.78 is 19.8. The van der Waals surface area contributed by atoms with Gasteiger partial charge in [0.25, 0.3) is 0 Å². The van der Waals surface area contributed by atoms with Gasteiger partial charge in [-0.15, -0.1) is 0 Å². The number of esters is 3. The average molecular weight is 306 g/mol. The summed E-state index contributed by atoms with van der Waals surface area (Å²) in [4.78, 5) is 33.4. The van der Waals surface area contributed by atoms with E-state index >= 15 is 0 Å². The van der Waals surface area contributed by atoms with Gasteiger partial charge in [0.2, 0.25) is 0 Å². The summed E-state index contributed by atoms with van der Waals surface area (Å²) in [5.41, 5.74) is 0. The minimum absolute atomic E-state index is 0.598. The molecule has 0 aromatic carbocycles. The van der Waals surface area contributed by atoms with E-state index in [9.17, 15) is 24.6 Å². The maximum Gasteiger partial charge on any atom is 0.303 e. The molecule has 9 heteroatoms. The molecule has 2 unspecified atom stereocenters. The molecule has 0 amide bonds. The first kappa shape index (κ1) is 17.3. The molecule has 0 aromatic rings. The minimum Gasteiger partial charge on any atom is -0.456 e. The van der Waals surface area contributed by atoms with E-state index in [1.807, 2.05) is 0 Å². The first-order valence-corrected chi connectivity index (χ1v) is 6.22. The molecule has 9 nitrogen and oxygen atoms in total. The van der Waals surface area contributed by atoms with Crippen LogP contribution in [0.15, 0.2) is 0 Å². The van der Waals surface area contributed by atoms with Gasteiger partial charge in [-0.1, -0.05) is 0 Å². The third kappa shape index (κ3) is 4.66. The third-order valence-corrected chi connectivity index (χ3v) is 2.70. The minimum atomic E-state index is -1.64. The van der Waals surface area contributed by atoms with E-state index in [1.54, 1.807) is 0 Å². The molecule has 0 aliphatic carbocycles. The zero-order valence-electron chi connectivity index (χ0n) is 11.8. The zero-order valence-corrected chi connectivity index (χ0v) is 11.8. The Kier molecular flexibility index (Phi) is 6.06. The predicted octanol–water partition coefficient (Wildman–Crippen LogP) is -1.51. The maximum absolute atomic E-state index is 11.2. The summed E-state index contributed by atoms with van der Waals surface area (Å²) in [6.45, 7) is 2.71. The number of hydrogen-bond acceptors (Lipinski definition) is 9. The summed E-state index contributed by atoms with van der Waals surface area (Å²) in [6, 6.07) is 0. The van der Waals surface area contributed by atoms with Gasteiger partial charge in [-0.3, -0.25) is 14.4 Å². The molecule has 21 heavy (non-hydrogen) atoms. The summed E-state index contributed by atoms with van der Waals surface area (Å²) in [5, 5.41) is 19.0. The van der Waals surface area contributed by atoms with Gasteiger partial charge in [0.15, 0.2) is 24.6 Å². The topological polar surface area (TPSA) is 129 Å². The lowest BCUT2D eigenvalue weighted by atomic mass is 9.98. The predicted molar refractivity (Wildman–Crippen MR) is 64.6 cm³/mol. The molecule has 1 saturated heterocycles. The summed E-state index contributed by atoms with van der Waals surface area (Å²) in [5.74, 6) is -2.19. The SMILES string of the molecule is CC(=O)OC1[C@@H](CO)OC(O)[C@H](OC(C)=O)[C@H]1OC(C)=O. The molecular formula is C12H18O9. The molecule has 0 radical (unpaired) electrons. The fraction of sp³-hybridized carbons (Fsp3) is 0.750. The van der Waals surface area contributed by atoms with E-state index in [0.717, 1.165) is 20.8 Å². The molecule has 1 heterocycles. The lowest BCUT2D eigenvalue weighted by Gasteiger charge is -2.42. The molecule has 0 bridgehead atoms. The van der Waals surface area contributed by atoms with Crippen LogP contribution in [0.4, 0.5) is 0 Å². The van der Waals surface area contributed by atoms with Crippen molar-refractivity contribution in [1.82, 2.24) is 0 Å². The molecular weight excluding hydrogens is 288 g/mol. The molecule has 120 valence electrons. The number of aliphatic hydroxyl groups excluding tert-OH is 2. The van der Waals surface area contributed by atoms with Crippen molar-refractivity contribution in [3.8, 4) is 0 Å². The summed E-state index contributed by atoms with van der Waals surface area (Å²) in [7, 11) is 0. The lowest BCUT2D eigenvalue weighted by molar-refractivity contribution is -0.295. The highest BCUT2D eigenvalue weighted by Gasteiger charge is 2.51. The molecule has 0 aromatic heterocycles. The average Bonchev–Trinajstić information content (AvgIpc) is 2.35. The highest BCUT2D eigenvalue weighted by Crippen LogP contribution is 2.27. The first-order valence-electron chi connectivity index (χ1n) is 6.22. The van der Waals surface area contributed by atoms with Crippen molar-refractivity contribution in [3.05, 3.63) is 0 Å². The smallest absolute Gasteiger partial charge is 0.303 e. The van der Waals surface area contributed by atoms with Crippen LogP contribution in [0.25, 0.3) is 0 Å². The summed E-state index contributed by atoms with van der Waals surface area (Å²) >= 11 is 0. The van der Waals surface area contributed by atoms with E-state index in [-0.39, 0.29) is 0 Å². The standard InChI is InChI=1S/C12H18O9/c1-5(14)18-9-8(4-13)21-12(17)11(20-7(3)16)10(9)19-6(2)15/h8-13,17H,4H2,1-3H3/t8-,9?,10+,11-,12?/m1/s1. The van der Waals surface area contributed by atoms with Gasteiger partial charge < -0.3 is 29.2 Å². The Morgan fingerprint density at radius 1 is 0.905 bits per heavy atom. The largest absolute Gasteiger partial charge is 0.456 e. The van der Waals surface area contributed by atoms with Crippen molar-refractivity contribution in [1.29, 1.82) is 0 Å². The van der Waals surface area contributed by atoms with E-state index in [4.69, 9.17) is 18.9 Å². The number of ether oxygens (including phenoxy) is 4. The number of hydrogen-bond donors (Lipinski definition) is 2. The highest BCUT2D eigenvalue weighted by molar-refractivity contribution is 5.68. The van der Waals surface area contributed by atoms with Crippen LogP contribution in [0.5, 0.6) is 0 Å². The van der Waals surface area contributed by atoms with Crippen molar-refractivity contribution in [2.75, 3.05) is 6.61 Å². The Labute approximate surface area is 120 Å². The third-order valence-electron chi connectivity index (χ3n) is 2.70. The molecule has 1 aliphatic heterocycles. The van der Waals surface area contributed by atoms with Gasteiger partial charge in [-0.2, -0.15) is 0 Å². The van der Waals surface area contributed by atoms with Gasteiger partial charge in [0.05, 0.1) is 6.61 Å². The number of rotatable bonds is 4. The van der Waals surface area contributed by atoms with Crippen LogP contribution in [-0.4, -0.2) is 65.4 Å². The van der Waals surface area contributed by atoms with E-state index in [2.05, 4.69) is 0 Å². The van der Waals surface area contributed by atoms with Crippen LogP contribution in [0.1, 0.15) is 20.8 Å². The van der Waals surface area contributed by atoms with Crippen molar-refractivity contribution in [2.24, 2.45) is 0 Å². The van der Waals surface area contributed by atoms with Crippen LogP contribution < -0.4 is 0 Å². The van der Waals surface area contributed by atoms with Gasteiger partial charge in [0, 0.05) is 20.8 Å². The lowest BCUT2D eigenvalue weighted by Crippen LogP contribution is -2.62. The first-order chi connectivity index (χ1) is 9.76. The quantitative estimate of drug-likeness (QED) is 0.470. The zero-order chi connectivity index (χ0) is 16.2. The molecule has 0 saturated carbocycles. The van der Waals surface area contributed by atoms with Crippen LogP contribution in [0, 0.1) is 0 Å². The molecule has 1 rings (SSSR count). The Morgan fingerprint density at radius 2 is 1.33 bits per heavy atom. The number of aliphatic hydroxyl groups is 2. The Balaban J connectivity index is 3.08. The van der Waals surface area contributed by atoms with E-state index in [0.29, 0.717) is 0 Å². The molecule has 1 fully saturated rings. The number of carbonyl (C=O) groups is 3. The molecule has 0 spiro atoms. The van der Waals surface area contributed by atoms with E-state index < -0.39 is 55.2 Å². The van der Waals surface area contributed by atoms with Crippen molar-refractivity contribution in [3.63, 3.8) is 0 Å². The van der Waals surface area contributed by atoms with Gasteiger partial charge in [-0.25, -0.2) is 0 Å².